The molecule has 4 heteroatoms. The lowest BCUT2D eigenvalue weighted by Crippen LogP contribution is -2.19. The van der Waals surface area contributed by atoms with Gasteiger partial charge in [0.1, 0.15) is 0 Å². The van der Waals surface area contributed by atoms with Crippen molar-refractivity contribution in [2.75, 3.05) is 0 Å². The molecule has 0 bridgehead atoms. The molecule has 1 N–H and O–H groups in total. The maximum absolute atomic E-state index is 11.3. The fourth-order valence-corrected chi connectivity index (χ4v) is 0.731. The Labute approximate surface area is 83.0 Å². The first kappa shape index (κ1) is 10.5. The first-order valence-electron chi connectivity index (χ1n) is 4.49. The van der Waals surface area contributed by atoms with Crippen LogP contribution in [-0.2, 0) is 0 Å². The monoisotopic (exact) mass is 194 g/mol. The zero-order valence-electron chi connectivity index (χ0n) is 8.57. The van der Waals surface area contributed by atoms with E-state index in [9.17, 15) is 4.79 Å². The number of furan rings is 1. The minimum Gasteiger partial charge on any atom is -0.459 e. The smallest absolute Gasteiger partial charge is 0.307 e. The SMILES string of the molecule is C/C(=N/NC(=O)c1ccco1)C(C)C. The fourth-order valence-electron chi connectivity index (χ4n) is 0.731. The van der Waals surface area contributed by atoms with Crippen LogP contribution in [0.4, 0.5) is 0 Å². The van der Waals surface area contributed by atoms with Crippen LogP contribution < -0.4 is 5.43 Å². The van der Waals surface area contributed by atoms with Gasteiger partial charge in [0.2, 0.25) is 0 Å². The van der Waals surface area contributed by atoms with Crippen molar-refractivity contribution in [2.24, 2.45) is 11.0 Å². The van der Waals surface area contributed by atoms with E-state index in [1.54, 1.807) is 12.1 Å². The van der Waals surface area contributed by atoms with E-state index < -0.39 is 0 Å². The summed E-state index contributed by atoms with van der Waals surface area (Å²) in [5.74, 6) is 0.271. The summed E-state index contributed by atoms with van der Waals surface area (Å²) in [5.41, 5.74) is 3.30. The summed E-state index contributed by atoms with van der Waals surface area (Å²) < 4.78 is 4.91. The summed E-state index contributed by atoms with van der Waals surface area (Å²) in [4.78, 5) is 11.3. The summed E-state index contributed by atoms with van der Waals surface area (Å²) in [6.07, 6.45) is 1.45. The first-order chi connectivity index (χ1) is 6.61. The predicted molar refractivity (Wildman–Crippen MR) is 54.1 cm³/mol. The third-order valence-corrected chi connectivity index (χ3v) is 1.91. The van der Waals surface area contributed by atoms with E-state index in [0.29, 0.717) is 5.92 Å². The zero-order valence-corrected chi connectivity index (χ0v) is 8.57. The maximum Gasteiger partial charge on any atom is 0.307 e. The second kappa shape index (κ2) is 4.60. The Morgan fingerprint density at radius 1 is 1.57 bits per heavy atom. The average molecular weight is 194 g/mol. The standard InChI is InChI=1S/C10H14N2O2/c1-7(2)8(3)11-12-10(13)9-5-4-6-14-9/h4-7H,1-3H3,(H,12,13)/b11-8-. The molecular weight excluding hydrogens is 180 g/mol. The second-order valence-corrected chi connectivity index (χ2v) is 3.33. The van der Waals surface area contributed by atoms with Crippen LogP contribution in [0.2, 0.25) is 0 Å². The number of hydrogen-bond acceptors (Lipinski definition) is 3. The van der Waals surface area contributed by atoms with Gasteiger partial charge in [0, 0.05) is 5.71 Å². The predicted octanol–water partition coefficient (Wildman–Crippen LogP) is 2.04. The summed E-state index contributed by atoms with van der Waals surface area (Å²) in [6, 6.07) is 3.25. The van der Waals surface area contributed by atoms with E-state index in [1.807, 2.05) is 20.8 Å². The van der Waals surface area contributed by atoms with Crippen LogP contribution in [0.15, 0.2) is 27.9 Å². The van der Waals surface area contributed by atoms with Crippen molar-refractivity contribution in [3.05, 3.63) is 24.2 Å². The molecule has 0 saturated heterocycles. The molecule has 0 spiro atoms. The molecule has 0 fully saturated rings. The fraction of sp³-hybridized carbons (Fsp3) is 0.400. The van der Waals surface area contributed by atoms with E-state index in [-0.39, 0.29) is 11.7 Å². The van der Waals surface area contributed by atoms with Crippen molar-refractivity contribution in [3.63, 3.8) is 0 Å². The van der Waals surface area contributed by atoms with Gasteiger partial charge in [0.15, 0.2) is 5.76 Å². The van der Waals surface area contributed by atoms with Gasteiger partial charge in [-0.25, -0.2) is 5.43 Å². The van der Waals surface area contributed by atoms with Crippen molar-refractivity contribution >= 4 is 11.6 Å². The maximum atomic E-state index is 11.3. The lowest BCUT2D eigenvalue weighted by atomic mass is 10.1. The van der Waals surface area contributed by atoms with Crippen LogP contribution in [0.3, 0.4) is 0 Å². The molecule has 1 heterocycles. The highest BCUT2D eigenvalue weighted by Crippen LogP contribution is 2.00. The first-order valence-corrected chi connectivity index (χ1v) is 4.49. The molecular formula is C10H14N2O2. The van der Waals surface area contributed by atoms with Crippen molar-refractivity contribution in [2.45, 2.75) is 20.8 Å². The second-order valence-electron chi connectivity index (χ2n) is 3.33. The molecule has 0 aliphatic carbocycles. The Morgan fingerprint density at radius 3 is 2.79 bits per heavy atom. The van der Waals surface area contributed by atoms with E-state index in [2.05, 4.69) is 10.5 Å². The van der Waals surface area contributed by atoms with E-state index in [4.69, 9.17) is 4.42 Å². The number of amides is 1. The van der Waals surface area contributed by atoms with E-state index in [1.165, 1.54) is 6.26 Å². The van der Waals surface area contributed by atoms with Crippen molar-refractivity contribution < 1.29 is 9.21 Å². The van der Waals surface area contributed by atoms with Gasteiger partial charge in [-0.3, -0.25) is 4.79 Å². The van der Waals surface area contributed by atoms with Crippen molar-refractivity contribution in [1.82, 2.24) is 5.43 Å². The van der Waals surface area contributed by atoms with Gasteiger partial charge in [0.05, 0.1) is 6.26 Å². The number of hydrazone groups is 1. The molecule has 1 aromatic rings. The number of hydrogen-bond donors (Lipinski definition) is 1. The molecule has 0 unspecified atom stereocenters. The number of nitrogens with one attached hydrogen (secondary N) is 1. The van der Waals surface area contributed by atoms with E-state index in [0.717, 1.165) is 5.71 Å². The zero-order chi connectivity index (χ0) is 10.6. The quantitative estimate of drug-likeness (QED) is 0.591. The van der Waals surface area contributed by atoms with E-state index >= 15 is 0 Å². The lowest BCUT2D eigenvalue weighted by Gasteiger charge is -2.03. The number of rotatable bonds is 3. The Kier molecular flexibility index (Phi) is 3.45. The van der Waals surface area contributed by atoms with Gasteiger partial charge >= 0.3 is 5.91 Å². The minimum atomic E-state index is -0.324. The molecule has 0 aromatic carbocycles. The van der Waals surface area contributed by atoms with Crippen LogP contribution in [0.1, 0.15) is 31.3 Å². The van der Waals surface area contributed by atoms with Gasteiger partial charge in [0.25, 0.3) is 0 Å². The average Bonchev–Trinajstić information content (AvgIpc) is 2.66. The molecule has 0 aliphatic rings. The highest BCUT2D eigenvalue weighted by atomic mass is 16.3. The van der Waals surface area contributed by atoms with Crippen LogP contribution in [-0.4, -0.2) is 11.6 Å². The van der Waals surface area contributed by atoms with Gasteiger partial charge < -0.3 is 4.42 Å². The summed E-state index contributed by atoms with van der Waals surface area (Å²) in [7, 11) is 0. The highest BCUT2D eigenvalue weighted by Gasteiger charge is 2.07. The molecule has 1 amide bonds. The van der Waals surface area contributed by atoms with Gasteiger partial charge in [-0.1, -0.05) is 13.8 Å². The van der Waals surface area contributed by atoms with Crippen LogP contribution in [0.5, 0.6) is 0 Å². The van der Waals surface area contributed by atoms with Crippen molar-refractivity contribution in [1.29, 1.82) is 0 Å². The molecule has 76 valence electrons. The summed E-state index contributed by atoms with van der Waals surface area (Å²) >= 11 is 0. The Hall–Kier alpha value is -1.58. The third kappa shape index (κ3) is 2.73. The molecule has 4 nitrogen and oxygen atoms in total. The largest absolute Gasteiger partial charge is 0.459 e. The number of carbonyl (C=O) groups is 1. The third-order valence-electron chi connectivity index (χ3n) is 1.91. The number of carbonyl (C=O) groups excluding carboxylic acids is 1. The van der Waals surface area contributed by atoms with Crippen LogP contribution in [0, 0.1) is 5.92 Å². The molecule has 14 heavy (non-hydrogen) atoms. The molecule has 1 aromatic heterocycles. The van der Waals surface area contributed by atoms with Gasteiger partial charge in [-0.2, -0.15) is 5.10 Å². The van der Waals surface area contributed by atoms with Gasteiger partial charge in [-0.05, 0) is 25.0 Å². The normalized spacial score (nSPS) is 11.9. The van der Waals surface area contributed by atoms with Crippen LogP contribution in [0.25, 0.3) is 0 Å². The summed E-state index contributed by atoms with van der Waals surface area (Å²) in [6.45, 7) is 5.89. The Morgan fingerprint density at radius 2 is 2.29 bits per heavy atom. The molecule has 0 saturated carbocycles. The summed E-state index contributed by atoms with van der Waals surface area (Å²) in [5, 5.41) is 3.94. The Balaban J connectivity index is 2.55. The number of nitrogens with zero attached hydrogens (tertiary/aromatic N) is 1. The van der Waals surface area contributed by atoms with Crippen LogP contribution >= 0.6 is 0 Å². The van der Waals surface area contributed by atoms with Gasteiger partial charge in [-0.15, -0.1) is 0 Å². The molecule has 1 rings (SSSR count). The van der Waals surface area contributed by atoms with Crippen molar-refractivity contribution in [3.8, 4) is 0 Å². The topological polar surface area (TPSA) is 54.6 Å². The molecule has 0 aliphatic heterocycles. The Bertz CT molecular complexity index is 326. The minimum absolute atomic E-state index is 0.269. The lowest BCUT2D eigenvalue weighted by molar-refractivity contribution is 0.0927. The highest BCUT2D eigenvalue weighted by molar-refractivity contribution is 5.93. The molecule has 0 radical (unpaired) electrons. The molecule has 0 atom stereocenters.